The van der Waals surface area contributed by atoms with Crippen LogP contribution in [0.5, 0.6) is 0 Å². The van der Waals surface area contributed by atoms with Gasteiger partial charge in [0.05, 0.1) is 6.33 Å². The SMILES string of the molecule is FC=C(I)CF. The van der Waals surface area contributed by atoms with Gasteiger partial charge in [0.15, 0.2) is 0 Å². The van der Waals surface area contributed by atoms with E-state index in [1.807, 2.05) is 0 Å². The summed E-state index contributed by atoms with van der Waals surface area (Å²) in [5.74, 6) is 0. The summed E-state index contributed by atoms with van der Waals surface area (Å²) < 4.78 is 22.2. The summed E-state index contributed by atoms with van der Waals surface area (Å²) in [6, 6.07) is 0. The third kappa shape index (κ3) is 2.56. The number of allylic oxidation sites excluding steroid dienone is 1. The molecule has 6 heavy (non-hydrogen) atoms. The van der Waals surface area contributed by atoms with E-state index in [0.29, 0.717) is 0 Å². The second kappa shape index (κ2) is 3.52. The zero-order valence-corrected chi connectivity index (χ0v) is 5.08. The molecule has 36 valence electrons. The quantitative estimate of drug-likeness (QED) is 0.574. The molecule has 0 aliphatic rings. The Labute approximate surface area is 48.4 Å². The van der Waals surface area contributed by atoms with Gasteiger partial charge in [0.25, 0.3) is 0 Å². The summed E-state index contributed by atoms with van der Waals surface area (Å²) in [4.78, 5) is 0. The molecule has 0 aliphatic heterocycles. The van der Waals surface area contributed by atoms with Crippen molar-refractivity contribution in [1.29, 1.82) is 0 Å². The van der Waals surface area contributed by atoms with Crippen molar-refractivity contribution in [2.45, 2.75) is 0 Å². The molecule has 0 aromatic heterocycles. The molecule has 0 rings (SSSR count). The van der Waals surface area contributed by atoms with Gasteiger partial charge in [0.1, 0.15) is 6.67 Å². The zero-order chi connectivity index (χ0) is 4.99. The van der Waals surface area contributed by atoms with Gasteiger partial charge in [-0.1, -0.05) is 0 Å². The van der Waals surface area contributed by atoms with Crippen LogP contribution in [-0.2, 0) is 0 Å². The van der Waals surface area contributed by atoms with Crippen molar-refractivity contribution in [3.05, 3.63) is 9.91 Å². The third-order valence-electron chi connectivity index (χ3n) is 0.246. The minimum atomic E-state index is -0.697. The molecule has 0 saturated heterocycles. The van der Waals surface area contributed by atoms with E-state index in [1.54, 1.807) is 22.6 Å². The number of rotatable bonds is 1. The largest absolute Gasteiger partial charge is 0.245 e. The molecule has 0 aliphatic carbocycles. The first-order valence-electron chi connectivity index (χ1n) is 1.32. The molecule has 0 fully saturated rings. The molecule has 3 heteroatoms. The van der Waals surface area contributed by atoms with Gasteiger partial charge >= 0.3 is 0 Å². The number of hydrogen-bond donors (Lipinski definition) is 0. The molecule has 0 aromatic carbocycles. The highest BCUT2D eigenvalue weighted by atomic mass is 127. The maximum absolute atomic E-state index is 11.1. The predicted molar refractivity (Wildman–Crippen MR) is 29.2 cm³/mol. The van der Waals surface area contributed by atoms with Crippen molar-refractivity contribution in [3.63, 3.8) is 0 Å². The molecule has 0 N–H and O–H groups in total. The second-order valence-electron chi connectivity index (χ2n) is 0.690. The average Bonchev–Trinajstić information content (AvgIpc) is 1.65. The predicted octanol–water partition coefficient (Wildman–Crippen LogP) is 2.20. The number of halogens is 3. The maximum Gasteiger partial charge on any atom is 0.122 e. The first kappa shape index (κ1) is 6.33. The van der Waals surface area contributed by atoms with Crippen LogP contribution in [0.25, 0.3) is 0 Å². The summed E-state index contributed by atoms with van der Waals surface area (Å²) in [5.41, 5.74) is 0. The van der Waals surface area contributed by atoms with E-state index in [9.17, 15) is 8.78 Å². The minimum Gasteiger partial charge on any atom is -0.245 e. The van der Waals surface area contributed by atoms with Crippen LogP contribution in [0.4, 0.5) is 8.78 Å². The van der Waals surface area contributed by atoms with Gasteiger partial charge in [0, 0.05) is 3.58 Å². The highest BCUT2D eigenvalue weighted by Gasteiger charge is 1.82. The lowest BCUT2D eigenvalue weighted by molar-refractivity contribution is 0.551. The van der Waals surface area contributed by atoms with Crippen LogP contribution in [0.2, 0.25) is 0 Å². The molecule has 0 amide bonds. The van der Waals surface area contributed by atoms with Gasteiger partial charge < -0.3 is 0 Å². The van der Waals surface area contributed by atoms with Crippen molar-refractivity contribution >= 4 is 22.6 Å². The minimum absolute atomic E-state index is 0.104. The smallest absolute Gasteiger partial charge is 0.122 e. The molecule has 0 unspecified atom stereocenters. The Morgan fingerprint density at radius 2 is 2.33 bits per heavy atom. The fraction of sp³-hybridized carbons (Fsp3) is 0.333. The molecular formula is C3H3F2I. The lowest BCUT2D eigenvalue weighted by Gasteiger charge is -1.76. The Morgan fingerprint density at radius 3 is 2.33 bits per heavy atom. The topological polar surface area (TPSA) is 0 Å². The van der Waals surface area contributed by atoms with Crippen LogP contribution >= 0.6 is 22.6 Å². The van der Waals surface area contributed by atoms with Crippen LogP contribution in [-0.4, -0.2) is 6.67 Å². The molecule has 0 radical (unpaired) electrons. The highest BCUT2D eigenvalue weighted by Crippen LogP contribution is 2.04. The van der Waals surface area contributed by atoms with Gasteiger partial charge in [-0.25, -0.2) is 8.78 Å². The van der Waals surface area contributed by atoms with Crippen molar-refractivity contribution in [2.24, 2.45) is 0 Å². The molecular weight excluding hydrogens is 201 g/mol. The molecule has 0 saturated carbocycles. The van der Waals surface area contributed by atoms with Crippen molar-refractivity contribution in [1.82, 2.24) is 0 Å². The molecule has 0 atom stereocenters. The highest BCUT2D eigenvalue weighted by molar-refractivity contribution is 14.1. The maximum atomic E-state index is 11.1. The molecule has 0 heterocycles. The summed E-state index contributed by atoms with van der Waals surface area (Å²) in [5, 5.41) is 0. The molecule has 0 spiro atoms. The van der Waals surface area contributed by atoms with Gasteiger partial charge in [-0.05, 0) is 22.6 Å². The Morgan fingerprint density at radius 1 is 1.83 bits per heavy atom. The van der Waals surface area contributed by atoms with Crippen LogP contribution in [0.1, 0.15) is 0 Å². The monoisotopic (exact) mass is 204 g/mol. The lowest BCUT2D eigenvalue weighted by Crippen LogP contribution is -1.65. The van der Waals surface area contributed by atoms with Crippen LogP contribution in [0, 0.1) is 0 Å². The zero-order valence-electron chi connectivity index (χ0n) is 2.92. The average molecular weight is 204 g/mol. The molecule has 0 bridgehead atoms. The van der Waals surface area contributed by atoms with E-state index in [1.165, 1.54) is 0 Å². The van der Waals surface area contributed by atoms with Crippen LogP contribution < -0.4 is 0 Å². The van der Waals surface area contributed by atoms with Crippen molar-refractivity contribution < 1.29 is 8.78 Å². The van der Waals surface area contributed by atoms with E-state index in [2.05, 4.69) is 0 Å². The molecule has 0 aromatic rings. The first-order chi connectivity index (χ1) is 2.81. The third-order valence-corrected chi connectivity index (χ3v) is 0.770. The number of hydrogen-bond acceptors (Lipinski definition) is 0. The van der Waals surface area contributed by atoms with Crippen molar-refractivity contribution in [3.8, 4) is 0 Å². The van der Waals surface area contributed by atoms with E-state index >= 15 is 0 Å². The van der Waals surface area contributed by atoms with Gasteiger partial charge in [0.2, 0.25) is 0 Å². The van der Waals surface area contributed by atoms with E-state index < -0.39 is 6.67 Å². The Hall–Kier alpha value is 0.330. The Balaban J connectivity index is 3.22. The standard InChI is InChI=1S/C3H3F2I/c4-1-3(6)2-5/h1H,2H2. The van der Waals surface area contributed by atoms with Gasteiger partial charge in [-0.15, -0.1) is 0 Å². The normalized spacial score (nSPS) is 12.2. The first-order valence-corrected chi connectivity index (χ1v) is 2.40. The van der Waals surface area contributed by atoms with Gasteiger partial charge in [-0.3, -0.25) is 0 Å². The van der Waals surface area contributed by atoms with E-state index in [-0.39, 0.29) is 9.91 Å². The lowest BCUT2D eigenvalue weighted by atomic mass is 10.7. The van der Waals surface area contributed by atoms with E-state index in [4.69, 9.17) is 0 Å². The summed E-state index contributed by atoms with van der Waals surface area (Å²) in [6.45, 7) is -0.697. The molecule has 0 nitrogen and oxygen atoms in total. The fourth-order valence-electron chi connectivity index (χ4n) is 0.0292. The Kier molecular flexibility index (Phi) is 3.71. The second-order valence-corrected chi connectivity index (χ2v) is 2.08. The van der Waals surface area contributed by atoms with E-state index in [0.717, 1.165) is 0 Å². The van der Waals surface area contributed by atoms with Crippen LogP contribution in [0.15, 0.2) is 9.91 Å². The summed E-state index contributed by atoms with van der Waals surface area (Å²) in [6.07, 6.45) is 0.251. The fourth-order valence-corrected chi connectivity index (χ4v) is 0.0292. The van der Waals surface area contributed by atoms with Crippen LogP contribution in [0.3, 0.4) is 0 Å². The van der Waals surface area contributed by atoms with Gasteiger partial charge in [-0.2, -0.15) is 0 Å². The number of alkyl halides is 1. The van der Waals surface area contributed by atoms with Crippen molar-refractivity contribution in [2.75, 3.05) is 6.67 Å². The summed E-state index contributed by atoms with van der Waals surface area (Å²) >= 11 is 1.58. The Bertz CT molecular complexity index is 59.8. The summed E-state index contributed by atoms with van der Waals surface area (Å²) in [7, 11) is 0.